The molecular weight excluding hydrogens is 176 g/mol. The van der Waals surface area contributed by atoms with E-state index in [-0.39, 0.29) is 5.41 Å². The van der Waals surface area contributed by atoms with E-state index in [0.29, 0.717) is 19.1 Å². The molecule has 0 radical (unpaired) electrons. The molecule has 4 aliphatic carbocycles. The third kappa shape index (κ3) is 1.04. The van der Waals surface area contributed by atoms with Crippen LogP contribution in [-0.2, 0) is 0 Å². The molecule has 0 saturated heterocycles. The quantitative estimate of drug-likeness (QED) is 0.701. The van der Waals surface area contributed by atoms with Gasteiger partial charge in [-0.25, -0.2) is 0 Å². The standard InChI is InChI=1S/C12H20O2/c13-6-11-10-2-8-1-9(3-10)5-12(11,4-8)7-14/h8-11,13-14H,1-7H2. The lowest BCUT2D eigenvalue weighted by Crippen LogP contribution is -2.55. The van der Waals surface area contributed by atoms with Gasteiger partial charge in [-0.3, -0.25) is 0 Å². The Morgan fingerprint density at radius 2 is 1.64 bits per heavy atom. The number of hydrogen-bond donors (Lipinski definition) is 2. The lowest BCUT2D eigenvalue weighted by molar-refractivity contribution is -0.145. The minimum absolute atomic E-state index is 0.115. The van der Waals surface area contributed by atoms with E-state index in [1.807, 2.05) is 0 Å². The molecule has 14 heavy (non-hydrogen) atoms. The first-order valence-electron chi connectivity index (χ1n) is 5.99. The van der Waals surface area contributed by atoms with Crippen molar-refractivity contribution >= 4 is 0 Å². The fourth-order valence-corrected chi connectivity index (χ4v) is 4.90. The van der Waals surface area contributed by atoms with Crippen molar-refractivity contribution in [3.8, 4) is 0 Å². The fraction of sp³-hybridized carbons (Fsp3) is 1.00. The van der Waals surface area contributed by atoms with Crippen LogP contribution in [0.2, 0.25) is 0 Å². The summed E-state index contributed by atoms with van der Waals surface area (Å²) < 4.78 is 0. The monoisotopic (exact) mass is 196 g/mol. The molecule has 4 saturated carbocycles. The van der Waals surface area contributed by atoms with Gasteiger partial charge in [-0.05, 0) is 61.2 Å². The minimum atomic E-state index is 0.115. The Hall–Kier alpha value is -0.0800. The molecule has 0 aliphatic heterocycles. The predicted octanol–water partition coefficient (Wildman–Crippen LogP) is 1.41. The Kier molecular flexibility index (Phi) is 1.94. The maximum Gasteiger partial charge on any atom is 0.0491 e. The molecule has 3 atom stereocenters. The number of hydrogen-bond acceptors (Lipinski definition) is 2. The second kappa shape index (κ2) is 2.96. The molecule has 4 rings (SSSR count). The van der Waals surface area contributed by atoms with Crippen LogP contribution in [0, 0.1) is 29.1 Å². The SMILES string of the molecule is OCC1C2CC3CC(C2)CC1(CO)C3. The Bertz CT molecular complexity index is 224. The molecule has 0 aromatic heterocycles. The molecule has 0 amide bonds. The van der Waals surface area contributed by atoms with Crippen LogP contribution in [-0.4, -0.2) is 23.4 Å². The zero-order valence-electron chi connectivity index (χ0n) is 8.65. The van der Waals surface area contributed by atoms with Crippen LogP contribution < -0.4 is 0 Å². The Morgan fingerprint density at radius 3 is 2.14 bits per heavy atom. The molecule has 4 aliphatic rings. The lowest BCUT2D eigenvalue weighted by Gasteiger charge is -2.60. The average molecular weight is 196 g/mol. The van der Waals surface area contributed by atoms with Crippen LogP contribution in [0.3, 0.4) is 0 Å². The maximum atomic E-state index is 9.62. The van der Waals surface area contributed by atoms with Crippen LogP contribution in [0.4, 0.5) is 0 Å². The van der Waals surface area contributed by atoms with Crippen molar-refractivity contribution < 1.29 is 10.2 Å². The van der Waals surface area contributed by atoms with Crippen molar-refractivity contribution in [3.63, 3.8) is 0 Å². The Labute approximate surface area is 85.3 Å². The predicted molar refractivity (Wildman–Crippen MR) is 53.6 cm³/mol. The molecule has 80 valence electrons. The Morgan fingerprint density at radius 1 is 1.00 bits per heavy atom. The summed E-state index contributed by atoms with van der Waals surface area (Å²) in [7, 11) is 0. The average Bonchev–Trinajstić information content (AvgIpc) is 2.16. The summed E-state index contributed by atoms with van der Waals surface area (Å²) in [6, 6.07) is 0. The van der Waals surface area contributed by atoms with Gasteiger partial charge in [-0.1, -0.05) is 0 Å². The minimum Gasteiger partial charge on any atom is -0.396 e. The number of aliphatic hydroxyl groups is 2. The van der Waals surface area contributed by atoms with Crippen LogP contribution in [0.1, 0.15) is 32.1 Å². The molecule has 0 aromatic rings. The first kappa shape index (κ1) is 9.17. The van der Waals surface area contributed by atoms with E-state index in [0.717, 1.165) is 17.8 Å². The third-order valence-electron chi connectivity index (χ3n) is 5.20. The molecule has 2 N–H and O–H groups in total. The summed E-state index contributed by atoms with van der Waals surface area (Å²) in [5, 5.41) is 19.1. The van der Waals surface area contributed by atoms with E-state index in [9.17, 15) is 10.2 Å². The van der Waals surface area contributed by atoms with Crippen LogP contribution in [0.15, 0.2) is 0 Å². The van der Waals surface area contributed by atoms with Gasteiger partial charge >= 0.3 is 0 Å². The van der Waals surface area contributed by atoms with E-state index in [1.54, 1.807) is 0 Å². The molecule has 4 bridgehead atoms. The number of aliphatic hydroxyl groups excluding tert-OH is 2. The van der Waals surface area contributed by atoms with Crippen molar-refractivity contribution in [1.82, 2.24) is 0 Å². The normalized spacial score (nSPS) is 55.3. The van der Waals surface area contributed by atoms with E-state index in [4.69, 9.17) is 0 Å². The molecule has 0 heterocycles. The van der Waals surface area contributed by atoms with Gasteiger partial charge < -0.3 is 10.2 Å². The highest BCUT2D eigenvalue weighted by atomic mass is 16.3. The summed E-state index contributed by atoms with van der Waals surface area (Å²) in [4.78, 5) is 0. The second-order valence-corrected chi connectivity index (χ2v) is 5.92. The van der Waals surface area contributed by atoms with E-state index < -0.39 is 0 Å². The van der Waals surface area contributed by atoms with Gasteiger partial charge in [-0.15, -0.1) is 0 Å². The smallest absolute Gasteiger partial charge is 0.0491 e. The molecule has 0 spiro atoms. The van der Waals surface area contributed by atoms with Gasteiger partial charge in [0.15, 0.2) is 0 Å². The fourth-order valence-electron chi connectivity index (χ4n) is 4.90. The van der Waals surface area contributed by atoms with Crippen molar-refractivity contribution in [2.75, 3.05) is 13.2 Å². The van der Waals surface area contributed by atoms with Crippen LogP contribution in [0.5, 0.6) is 0 Å². The van der Waals surface area contributed by atoms with E-state index >= 15 is 0 Å². The van der Waals surface area contributed by atoms with Crippen molar-refractivity contribution in [1.29, 1.82) is 0 Å². The van der Waals surface area contributed by atoms with Crippen molar-refractivity contribution in [2.45, 2.75) is 32.1 Å². The summed E-state index contributed by atoms with van der Waals surface area (Å²) in [6.45, 7) is 0.604. The molecule has 2 nitrogen and oxygen atoms in total. The van der Waals surface area contributed by atoms with Gasteiger partial charge in [0, 0.05) is 13.2 Å². The topological polar surface area (TPSA) is 40.5 Å². The largest absolute Gasteiger partial charge is 0.396 e. The zero-order valence-corrected chi connectivity index (χ0v) is 8.65. The molecule has 4 fully saturated rings. The van der Waals surface area contributed by atoms with Gasteiger partial charge in [0.25, 0.3) is 0 Å². The van der Waals surface area contributed by atoms with Crippen molar-refractivity contribution in [3.05, 3.63) is 0 Å². The van der Waals surface area contributed by atoms with Crippen LogP contribution in [0.25, 0.3) is 0 Å². The van der Waals surface area contributed by atoms with Gasteiger partial charge in [0.1, 0.15) is 0 Å². The van der Waals surface area contributed by atoms with Gasteiger partial charge in [-0.2, -0.15) is 0 Å². The van der Waals surface area contributed by atoms with Crippen LogP contribution >= 0.6 is 0 Å². The molecular formula is C12H20O2. The zero-order chi connectivity index (χ0) is 9.76. The third-order valence-corrected chi connectivity index (χ3v) is 5.20. The maximum absolute atomic E-state index is 9.62. The first-order chi connectivity index (χ1) is 6.77. The Balaban J connectivity index is 1.94. The highest BCUT2D eigenvalue weighted by Gasteiger charge is 2.56. The second-order valence-electron chi connectivity index (χ2n) is 5.92. The van der Waals surface area contributed by atoms with E-state index in [2.05, 4.69) is 0 Å². The van der Waals surface area contributed by atoms with Gasteiger partial charge in [0.05, 0.1) is 0 Å². The summed E-state index contributed by atoms with van der Waals surface area (Å²) in [6.07, 6.45) is 6.41. The molecule has 0 aromatic carbocycles. The van der Waals surface area contributed by atoms with E-state index in [1.165, 1.54) is 32.1 Å². The molecule has 2 heteroatoms. The van der Waals surface area contributed by atoms with Gasteiger partial charge in [0.2, 0.25) is 0 Å². The summed E-state index contributed by atoms with van der Waals surface area (Å²) in [5.41, 5.74) is 0.115. The first-order valence-corrected chi connectivity index (χ1v) is 5.99. The summed E-state index contributed by atoms with van der Waals surface area (Å²) in [5.74, 6) is 2.85. The highest BCUT2D eigenvalue weighted by molar-refractivity contribution is 5.05. The number of rotatable bonds is 2. The molecule has 3 unspecified atom stereocenters. The summed E-state index contributed by atoms with van der Waals surface area (Å²) >= 11 is 0. The highest BCUT2D eigenvalue weighted by Crippen LogP contribution is 2.62. The lowest BCUT2D eigenvalue weighted by atomic mass is 9.45. The van der Waals surface area contributed by atoms with Crippen molar-refractivity contribution in [2.24, 2.45) is 29.1 Å².